The molecule has 2 saturated heterocycles. The van der Waals surface area contributed by atoms with Crippen LogP contribution in [0.25, 0.3) is 0 Å². The maximum Gasteiger partial charge on any atom is 0.325 e. The highest BCUT2D eigenvalue weighted by atomic mass is 16.4. The maximum absolute atomic E-state index is 12.0. The van der Waals surface area contributed by atoms with Crippen LogP contribution in [0.1, 0.15) is 12.8 Å². The van der Waals surface area contributed by atoms with Gasteiger partial charge < -0.3 is 21.1 Å². The largest absolute Gasteiger partial charge is 0.480 e. The van der Waals surface area contributed by atoms with Gasteiger partial charge in [-0.25, -0.2) is 0 Å². The molecule has 2 amide bonds. The minimum Gasteiger partial charge on any atom is -0.480 e. The van der Waals surface area contributed by atoms with Gasteiger partial charge in [0.25, 0.3) is 0 Å². The highest BCUT2D eigenvalue weighted by molar-refractivity contribution is 5.90. The van der Waals surface area contributed by atoms with E-state index in [0.29, 0.717) is 13.1 Å². The quantitative estimate of drug-likeness (QED) is 0.524. The van der Waals surface area contributed by atoms with Crippen molar-refractivity contribution in [1.82, 2.24) is 10.2 Å². The van der Waals surface area contributed by atoms with Crippen LogP contribution in [0.3, 0.4) is 0 Å². The molecule has 0 aliphatic carbocycles. The van der Waals surface area contributed by atoms with Crippen LogP contribution >= 0.6 is 0 Å². The van der Waals surface area contributed by atoms with E-state index < -0.39 is 11.5 Å². The van der Waals surface area contributed by atoms with Gasteiger partial charge in [-0.3, -0.25) is 14.4 Å². The van der Waals surface area contributed by atoms with Crippen LogP contribution in [-0.2, 0) is 14.4 Å². The summed E-state index contributed by atoms with van der Waals surface area (Å²) in [6, 6.07) is 0. The first-order valence-corrected chi connectivity index (χ1v) is 5.50. The van der Waals surface area contributed by atoms with Gasteiger partial charge in [0.1, 0.15) is 5.54 Å². The molecule has 2 fully saturated rings. The summed E-state index contributed by atoms with van der Waals surface area (Å²) in [4.78, 5) is 35.4. The zero-order valence-corrected chi connectivity index (χ0v) is 9.31. The first-order chi connectivity index (χ1) is 7.92. The lowest BCUT2D eigenvalue weighted by molar-refractivity contribution is -0.143. The molecule has 0 radical (unpaired) electrons. The third-order valence-electron chi connectivity index (χ3n) is 3.37. The minimum absolute atomic E-state index is 0.0197. The second-order valence-electron chi connectivity index (χ2n) is 4.68. The van der Waals surface area contributed by atoms with Crippen molar-refractivity contribution in [3.05, 3.63) is 0 Å². The van der Waals surface area contributed by atoms with Crippen LogP contribution in [0.2, 0.25) is 0 Å². The zero-order chi connectivity index (χ0) is 12.6. The number of aliphatic carboxylic acids is 1. The molecule has 4 N–H and O–H groups in total. The molecule has 2 rings (SSSR count). The van der Waals surface area contributed by atoms with Gasteiger partial charge in [-0.15, -0.1) is 0 Å². The van der Waals surface area contributed by atoms with E-state index in [2.05, 4.69) is 5.32 Å². The van der Waals surface area contributed by atoms with Crippen LogP contribution < -0.4 is 11.1 Å². The third-order valence-corrected chi connectivity index (χ3v) is 3.37. The topological polar surface area (TPSA) is 113 Å². The van der Waals surface area contributed by atoms with Gasteiger partial charge in [0.15, 0.2) is 0 Å². The predicted octanol–water partition coefficient (Wildman–Crippen LogP) is -1.86. The van der Waals surface area contributed by atoms with Crippen LogP contribution in [0.15, 0.2) is 0 Å². The normalized spacial score (nSPS) is 32.6. The summed E-state index contributed by atoms with van der Waals surface area (Å²) < 4.78 is 0. The lowest BCUT2D eigenvalue weighted by Crippen LogP contribution is -2.51. The number of rotatable bonds is 2. The summed E-state index contributed by atoms with van der Waals surface area (Å²) in [6.07, 6.45) is 0.433. The Morgan fingerprint density at radius 1 is 1.53 bits per heavy atom. The molecule has 7 heteroatoms. The fraction of sp³-hybridized carbons (Fsp3) is 0.700. The molecule has 2 heterocycles. The molecule has 2 aliphatic heterocycles. The Labute approximate surface area is 97.9 Å². The molecule has 17 heavy (non-hydrogen) atoms. The molecule has 0 aromatic heterocycles. The van der Waals surface area contributed by atoms with E-state index in [1.807, 2.05) is 0 Å². The molecule has 0 saturated carbocycles. The molecule has 2 atom stereocenters. The van der Waals surface area contributed by atoms with Crippen molar-refractivity contribution in [3.63, 3.8) is 0 Å². The molecule has 2 unspecified atom stereocenters. The van der Waals surface area contributed by atoms with Crippen LogP contribution in [0, 0.1) is 5.92 Å². The Morgan fingerprint density at radius 2 is 2.24 bits per heavy atom. The average Bonchev–Trinajstić information content (AvgIpc) is 2.85. The molecule has 7 nitrogen and oxygen atoms in total. The SMILES string of the molecule is NC1(C(=O)O)CCN(C(=O)C2CNC(=O)C2)C1. The number of amides is 2. The monoisotopic (exact) mass is 241 g/mol. The molecule has 94 valence electrons. The number of carboxylic acids is 1. The summed E-state index contributed by atoms with van der Waals surface area (Å²) in [7, 11) is 0. The molecule has 2 aliphatic rings. The van der Waals surface area contributed by atoms with Crippen molar-refractivity contribution in [2.45, 2.75) is 18.4 Å². The van der Waals surface area contributed by atoms with Crippen molar-refractivity contribution in [1.29, 1.82) is 0 Å². The third kappa shape index (κ3) is 2.10. The van der Waals surface area contributed by atoms with E-state index in [1.54, 1.807) is 0 Å². The number of hydrogen-bond acceptors (Lipinski definition) is 4. The summed E-state index contributed by atoms with van der Waals surface area (Å²) in [5.74, 6) is -1.79. The number of carboxylic acid groups (broad SMARTS) is 1. The minimum atomic E-state index is -1.34. The Bertz CT molecular complexity index is 384. The van der Waals surface area contributed by atoms with Crippen LogP contribution in [0.4, 0.5) is 0 Å². The second-order valence-corrected chi connectivity index (χ2v) is 4.68. The van der Waals surface area contributed by atoms with E-state index in [9.17, 15) is 14.4 Å². The van der Waals surface area contributed by atoms with Gasteiger partial charge in [0.2, 0.25) is 11.8 Å². The smallest absolute Gasteiger partial charge is 0.325 e. The van der Waals surface area contributed by atoms with Crippen molar-refractivity contribution >= 4 is 17.8 Å². The number of likely N-dealkylation sites (tertiary alicyclic amines) is 1. The summed E-state index contributed by atoms with van der Waals surface area (Å²) in [6.45, 7) is 0.691. The first-order valence-electron chi connectivity index (χ1n) is 5.50. The standard InChI is InChI=1S/C10H15N3O4/c11-10(9(16)17)1-2-13(5-10)8(15)6-3-7(14)12-4-6/h6H,1-5,11H2,(H,12,14)(H,16,17). The number of nitrogens with one attached hydrogen (secondary N) is 1. The zero-order valence-electron chi connectivity index (χ0n) is 9.31. The summed E-state index contributed by atoms with van der Waals surface area (Å²) in [5.41, 5.74) is 4.34. The van der Waals surface area contributed by atoms with E-state index in [0.717, 1.165) is 0 Å². The number of nitrogens with two attached hydrogens (primary N) is 1. The number of carbonyl (C=O) groups excluding carboxylic acids is 2. The van der Waals surface area contributed by atoms with Gasteiger partial charge in [0.05, 0.1) is 5.92 Å². The number of hydrogen-bond donors (Lipinski definition) is 3. The molecule has 0 aromatic carbocycles. The number of carbonyl (C=O) groups is 3. The highest BCUT2D eigenvalue weighted by Gasteiger charge is 2.44. The Morgan fingerprint density at radius 3 is 2.71 bits per heavy atom. The molecule has 0 spiro atoms. The summed E-state index contributed by atoms with van der Waals surface area (Å²) in [5, 5.41) is 11.5. The Kier molecular flexibility index (Phi) is 2.78. The van der Waals surface area contributed by atoms with Gasteiger partial charge in [0, 0.05) is 26.1 Å². The van der Waals surface area contributed by atoms with E-state index in [4.69, 9.17) is 10.8 Å². The van der Waals surface area contributed by atoms with Crippen molar-refractivity contribution in [2.24, 2.45) is 11.7 Å². The lowest BCUT2D eigenvalue weighted by Gasteiger charge is -2.22. The molecule has 0 aromatic rings. The van der Waals surface area contributed by atoms with Crippen molar-refractivity contribution < 1.29 is 19.5 Å². The summed E-state index contributed by atoms with van der Waals surface area (Å²) >= 11 is 0. The fourth-order valence-electron chi connectivity index (χ4n) is 2.23. The van der Waals surface area contributed by atoms with Crippen molar-refractivity contribution in [3.8, 4) is 0 Å². The van der Waals surface area contributed by atoms with Gasteiger partial charge in [-0.05, 0) is 6.42 Å². The van der Waals surface area contributed by atoms with Crippen LogP contribution in [0.5, 0.6) is 0 Å². The second kappa shape index (κ2) is 3.99. The highest BCUT2D eigenvalue weighted by Crippen LogP contribution is 2.22. The maximum atomic E-state index is 12.0. The predicted molar refractivity (Wildman–Crippen MR) is 56.9 cm³/mol. The molecular formula is C10H15N3O4. The lowest BCUT2D eigenvalue weighted by atomic mass is 10.0. The van der Waals surface area contributed by atoms with E-state index >= 15 is 0 Å². The average molecular weight is 241 g/mol. The molecular weight excluding hydrogens is 226 g/mol. The van der Waals surface area contributed by atoms with Gasteiger partial charge in [-0.1, -0.05) is 0 Å². The van der Waals surface area contributed by atoms with Crippen LogP contribution in [-0.4, -0.2) is 53.0 Å². The first kappa shape index (κ1) is 11.8. The number of nitrogens with zero attached hydrogens (tertiary/aromatic N) is 1. The van der Waals surface area contributed by atoms with Gasteiger partial charge >= 0.3 is 5.97 Å². The van der Waals surface area contributed by atoms with Crippen molar-refractivity contribution in [2.75, 3.05) is 19.6 Å². The fourth-order valence-corrected chi connectivity index (χ4v) is 2.23. The van der Waals surface area contributed by atoms with E-state index in [1.165, 1.54) is 4.90 Å². The Balaban J connectivity index is 1.99. The van der Waals surface area contributed by atoms with E-state index in [-0.39, 0.29) is 37.1 Å². The Hall–Kier alpha value is -1.63. The molecule has 0 bridgehead atoms. The van der Waals surface area contributed by atoms with Gasteiger partial charge in [-0.2, -0.15) is 0 Å².